The molecule has 4 aromatic heterocycles. The van der Waals surface area contributed by atoms with Gasteiger partial charge in [0.05, 0.1) is 35.6 Å². The number of allylic oxidation sites excluding steroid dienone is 2. The number of nitrogens with one attached hydrogen (secondary N) is 4. The predicted molar refractivity (Wildman–Crippen MR) is 142 cm³/mol. The molecule has 38 heavy (non-hydrogen) atoms. The zero-order valence-electron chi connectivity index (χ0n) is 20.3. The van der Waals surface area contributed by atoms with E-state index in [1.54, 1.807) is 35.4 Å². The van der Waals surface area contributed by atoms with Gasteiger partial charge in [-0.05, 0) is 41.5 Å². The fourth-order valence-corrected chi connectivity index (χ4v) is 4.74. The van der Waals surface area contributed by atoms with Crippen molar-refractivity contribution in [3.8, 4) is 22.8 Å². The first kappa shape index (κ1) is 23.8. The highest BCUT2D eigenvalue weighted by molar-refractivity contribution is 7.88. The van der Waals surface area contributed by atoms with E-state index in [1.165, 1.54) is 12.1 Å². The van der Waals surface area contributed by atoms with Crippen molar-refractivity contribution < 1.29 is 12.8 Å². The van der Waals surface area contributed by atoms with Crippen molar-refractivity contribution in [2.45, 2.75) is 6.54 Å². The Hall–Kier alpha value is -4.62. The number of fused-ring (bicyclic) bond motifs is 2. The maximum Gasteiger partial charge on any atom is 0.209 e. The van der Waals surface area contributed by atoms with Gasteiger partial charge in [-0.2, -0.15) is 10.2 Å². The average Bonchev–Trinajstić information content (AvgIpc) is 3.57. The Bertz CT molecular complexity index is 1860. The summed E-state index contributed by atoms with van der Waals surface area (Å²) in [7, 11) is -1.59. The van der Waals surface area contributed by atoms with Gasteiger partial charge in [-0.25, -0.2) is 22.5 Å². The minimum Gasteiger partial charge on any atom is -0.345 e. The van der Waals surface area contributed by atoms with Crippen LogP contribution in [0.25, 0.3) is 39.3 Å². The van der Waals surface area contributed by atoms with Crippen molar-refractivity contribution in [3.05, 3.63) is 83.8 Å². The number of imidazole rings is 1. The number of aromatic nitrogens is 7. The fraction of sp³-hybridized carbons (Fsp3) is 0.120. The van der Waals surface area contributed by atoms with Crippen LogP contribution in [-0.2, 0) is 23.6 Å². The van der Waals surface area contributed by atoms with E-state index >= 15 is 0 Å². The molecule has 4 N–H and O–H groups in total. The van der Waals surface area contributed by atoms with Crippen LogP contribution in [0, 0.1) is 5.82 Å². The summed E-state index contributed by atoms with van der Waals surface area (Å²) in [5, 5.41) is 15.7. The lowest BCUT2D eigenvalue weighted by Crippen LogP contribution is -2.21. The molecule has 0 fully saturated rings. The number of nitrogens with zero attached hydrogens (tertiary/aromatic N) is 5. The molecule has 13 heteroatoms. The number of hydrogen-bond donors (Lipinski definition) is 4. The van der Waals surface area contributed by atoms with Gasteiger partial charge in [0.1, 0.15) is 11.5 Å². The highest BCUT2D eigenvalue weighted by atomic mass is 32.2. The molecule has 0 atom stereocenters. The van der Waals surface area contributed by atoms with Gasteiger partial charge in [-0.15, -0.1) is 0 Å². The monoisotopic (exact) mass is 531 g/mol. The van der Waals surface area contributed by atoms with Gasteiger partial charge in [0.15, 0.2) is 11.6 Å². The summed E-state index contributed by atoms with van der Waals surface area (Å²) in [6.45, 7) is -0.0292. The van der Waals surface area contributed by atoms with Crippen LogP contribution in [0.2, 0.25) is 0 Å². The van der Waals surface area contributed by atoms with Crippen LogP contribution in [0.3, 0.4) is 0 Å². The lowest BCUT2D eigenvalue weighted by Gasteiger charge is -2.10. The smallest absolute Gasteiger partial charge is 0.209 e. The van der Waals surface area contributed by atoms with Crippen LogP contribution in [-0.4, -0.2) is 49.6 Å². The number of rotatable bonds is 6. The summed E-state index contributed by atoms with van der Waals surface area (Å²) in [6.07, 6.45) is 11.8. The van der Waals surface area contributed by atoms with E-state index in [0.717, 1.165) is 28.4 Å². The van der Waals surface area contributed by atoms with Crippen molar-refractivity contribution in [1.82, 2.24) is 39.7 Å². The highest BCUT2D eigenvalue weighted by Gasteiger charge is 2.21. The lowest BCUT2D eigenvalue weighted by atomic mass is 10.00. The van der Waals surface area contributed by atoms with E-state index in [9.17, 15) is 12.8 Å². The Kier molecular flexibility index (Phi) is 5.65. The Morgan fingerprint density at radius 1 is 1.13 bits per heavy atom. The maximum atomic E-state index is 14.6. The molecule has 1 aromatic carbocycles. The van der Waals surface area contributed by atoms with Gasteiger partial charge < -0.3 is 10.3 Å². The summed E-state index contributed by atoms with van der Waals surface area (Å²) < 4.78 is 41.8. The van der Waals surface area contributed by atoms with E-state index in [1.807, 2.05) is 25.4 Å². The van der Waals surface area contributed by atoms with E-state index in [-0.39, 0.29) is 6.54 Å². The van der Waals surface area contributed by atoms with Crippen LogP contribution in [0.1, 0.15) is 16.8 Å². The molecule has 0 bridgehead atoms. The van der Waals surface area contributed by atoms with Crippen LogP contribution in [0.5, 0.6) is 0 Å². The van der Waals surface area contributed by atoms with Gasteiger partial charge in [0.25, 0.3) is 0 Å². The van der Waals surface area contributed by atoms with Gasteiger partial charge >= 0.3 is 0 Å². The van der Waals surface area contributed by atoms with Crippen molar-refractivity contribution in [3.63, 3.8) is 0 Å². The summed E-state index contributed by atoms with van der Waals surface area (Å²) >= 11 is 0. The maximum absolute atomic E-state index is 14.6. The Balaban J connectivity index is 1.41. The second-order valence-corrected chi connectivity index (χ2v) is 10.8. The molecule has 0 spiro atoms. The van der Waals surface area contributed by atoms with Crippen LogP contribution in [0.15, 0.2) is 61.2 Å². The van der Waals surface area contributed by atoms with E-state index < -0.39 is 15.8 Å². The Labute approximate surface area is 216 Å². The normalized spacial score (nSPS) is 13.3. The third-order valence-corrected chi connectivity index (χ3v) is 6.70. The molecular formula is C25H22FN9O2S. The number of benzene rings is 1. The van der Waals surface area contributed by atoms with E-state index in [2.05, 4.69) is 35.3 Å². The third-order valence-electron chi connectivity index (χ3n) is 6.03. The van der Waals surface area contributed by atoms with Gasteiger partial charge in [0, 0.05) is 42.5 Å². The quantitative estimate of drug-likeness (QED) is 0.263. The van der Waals surface area contributed by atoms with Crippen molar-refractivity contribution in [1.29, 1.82) is 0 Å². The van der Waals surface area contributed by atoms with Crippen molar-refractivity contribution in [2.24, 2.45) is 7.05 Å². The molecule has 1 aliphatic rings. The molecule has 5 aromatic rings. The van der Waals surface area contributed by atoms with E-state index in [4.69, 9.17) is 4.98 Å². The first-order valence-corrected chi connectivity index (χ1v) is 13.4. The molecule has 0 unspecified atom stereocenters. The average molecular weight is 532 g/mol. The molecular weight excluding hydrogens is 509 g/mol. The molecule has 192 valence electrons. The Morgan fingerprint density at radius 2 is 2.00 bits per heavy atom. The molecule has 11 nitrogen and oxygen atoms in total. The minimum absolute atomic E-state index is 0.0292. The minimum atomic E-state index is -3.43. The van der Waals surface area contributed by atoms with Crippen LogP contribution in [0.4, 0.5) is 10.2 Å². The highest BCUT2D eigenvalue weighted by Crippen LogP contribution is 2.35. The third kappa shape index (κ3) is 4.60. The fourth-order valence-electron chi connectivity index (χ4n) is 4.31. The van der Waals surface area contributed by atoms with Gasteiger partial charge in [-0.3, -0.25) is 14.8 Å². The molecule has 0 amide bonds. The summed E-state index contributed by atoms with van der Waals surface area (Å²) in [6, 6.07) is 6.37. The van der Waals surface area contributed by atoms with Crippen molar-refractivity contribution >= 4 is 32.3 Å². The van der Waals surface area contributed by atoms with Gasteiger partial charge in [0.2, 0.25) is 10.0 Å². The van der Waals surface area contributed by atoms with E-state index in [0.29, 0.717) is 39.7 Å². The lowest BCUT2D eigenvalue weighted by molar-refractivity contribution is 0.586. The first-order chi connectivity index (χ1) is 18.2. The van der Waals surface area contributed by atoms with Crippen LogP contribution < -0.4 is 10.0 Å². The zero-order chi connectivity index (χ0) is 26.4. The summed E-state index contributed by atoms with van der Waals surface area (Å²) in [5.74, 6) is 0.566. The summed E-state index contributed by atoms with van der Waals surface area (Å²) in [5.41, 5.74) is 5.34. The Morgan fingerprint density at radius 3 is 2.79 bits per heavy atom. The second kappa shape index (κ2) is 9.04. The van der Waals surface area contributed by atoms with Crippen LogP contribution >= 0.6 is 0 Å². The number of pyridine rings is 1. The van der Waals surface area contributed by atoms with Gasteiger partial charge in [-0.1, -0.05) is 6.08 Å². The molecule has 5 heterocycles. The predicted octanol–water partition coefficient (Wildman–Crippen LogP) is 3.31. The SMILES string of the molecule is Cn1cc(-c2cc3c(-c4nc5c([nH]4)C(c4cc(F)cc(CNS(C)(=O)=O)c4)=CC=CN5)n[nH]c3cn2)cn1. The number of halogens is 1. The number of aromatic amines is 2. The second-order valence-electron chi connectivity index (χ2n) is 8.92. The molecule has 0 saturated carbocycles. The number of aryl methyl sites for hydroxylation is 1. The topological polar surface area (TPSA) is 146 Å². The number of H-pyrrole nitrogens is 2. The largest absolute Gasteiger partial charge is 0.345 e. The number of anilines is 1. The molecule has 0 radical (unpaired) electrons. The molecule has 0 aliphatic carbocycles. The molecule has 6 rings (SSSR count). The summed E-state index contributed by atoms with van der Waals surface area (Å²) in [4.78, 5) is 12.6. The molecule has 0 saturated heterocycles. The number of sulfonamides is 1. The zero-order valence-corrected chi connectivity index (χ0v) is 21.1. The standard InChI is InChI=1S/C25H22FN9O2S/c1-35-13-16(11-29-35)20-9-19-21(12-28-20)33-34-23(19)25-31-22-18(4-3-5-27-24(22)32-25)15-6-14(7-17(26)8-15)10-30-38(2,36)37/h3-9,11-13,27,30H,10H2,1-2H3,(H,31,32)(H,33,34). The molecule has 1 aliphatic heterocycles. The number of hydrogen-bond acceptors (Lipinski definition) is 7. The first-order valence-electron chi connectivity index (χ1n) is 11.6. The van der Waals surface area contributed by atoms with Crippen molar-refractivity contribution in [2.75, 3.05) is 11.6 Å².